The molecule has 1 aromatic carbocycles. The van der Waals surface area contributed by atoms with Gasteiger partial charge in [-0.15, -0.1) is 0 Å². The predicted octanol–water partition coefficient (Wildman–Crippen LogP) is 2.63. The molecule has 0 heterocycles. The molecule has 0 aliphatic heterocycles. The van der Waals surface area contributed by atoms with Crippen LogP contribution in [-0.2, 0) is 9.84 Å². The van der Waals surface area contributed by atoms with Gasteiger partial charge in [-0.05, 0) is 32.4 Å². The first-order valence-electron chi connectivity index (χ1n) is 5.62. The van der Waals surface area contributed by atoms with E-state index in [1.165, 1.54) is 19.9 Å². The number of aromatic carboxylic acids is 1. The lowest BCUT2D eigenvalue weighted by Crippen LogP contribution is -2.23. The number of sulfone groups is 1. The molecule has 0 aliphatic rings. The minimum atomic E-state index is -3.81. The molecule has 0 spiro atoms. The molecule has 20 heavy (non-hydrogen) atoms. The standard InChI is InChI=1S/C12H14Cl2O5S/c1-12(2,17)5-6-20(18,19)8-4-3-7(13)9(10(8)14)11(15)16/h3-4,17H,5-6H2,1-2H3,(H,15,16). The summed E-state index contributed by atoms with van der Waals surface area (Å²) in [4.78, 5) is 10.7. The van der Waals surface area contributed by atoms with E-state index in [1.807, 2.05) is 0 Å². The highest BCUT2D eigenvalue weighted by Crippen LogP contribution is 2.32. The van der Waals surface area contributed by atoms with Crippen LogP contribution in [0.25, 0.3) is 0 Å². The number of rotatable bonds is 5. The quantitative estimate of drug-likeness (QED) is 0.859. The predicted molar refractivity (Wildman–Crippen MR) is 76.4 cm³/mol. The van der Waals surface area contributed by atoms with Crippen LogP contribution in [0.5, 0.6) is 0 Å². The summed E-state index contributed by atoms with van der Waals surface area (Å²) in [5.74, 6) is -1.75. The Morgan fingerprint density at radius 3 is 2.30 bits per heavy atom. The zero-order valence-electron chi connectivity index (χ0n) is 10.9. The molecule has 112 valence electrons. The number of carbonyl (C=O) groups is 1. The maximum Gasteiger partial charge on any atom is 0.338 e. The lowest BCUT2D eigenvalue weighted by Gasteiger charge is -2.17. The lowest BCUT2D eigenvalue weighted by atomic mass is 10.1. The number of halogens is 2. The molecule has 0 aliphatic carbocycles. The number of carboxylic acid groups (broad SMARTS) is 1. The molecule has 0 saturated heterocycles. The van der Waals surface area contributed by atoms with Crippen molar-refractivity contribution < 1.29 is 23.4 Å². The summed E-state index contributed by atoms with van der Waals surface area (Å²) >= 11 is 11.5. The third-order valence-electron chi connectivity index (χ3n) is 2.59. The highest BCUT2D eigenvalue weighted by Gasteiger charge is 2.26. The van der Waals surface area contributed by atoms with Gasteiger partial charge in [0, 0.05) is 0 Å². The molecule has 5 nitrogen and oxygen atoms in total. The molecule has 0 aromatic heterocycles. The zero-order valence-corrected chi connectivity index (χ0v) is 13.2. The van der Waals surface area contributed by atoms with Crippen LogP contribution in [0.2, 0.25) is 10.0 Å². The Morgan fingerprint density at radius 2 is 1.85 bits per heavy atom. The largest absolute Gasteiger partial charge is 0.478 e. The fourth-order valence-electron chi connectivity index (χ4n) is 1.46. The maximum absolute atomic E-state index is 12.2. The maximum atomic E-state index is 12.2. The second-order valence-electron chi connectivity index (χ2n) is 4.92. The van der Waals surface area contributed by atoms with Crippen molar-refractivity contribution in [2.45, 2.75) is 30.8 Å². The normalized spacial score (nSPS) is 12.4. The molecule has 0 radical (unpaired) electrons. The van der Waals surface area contributed by atoms with Crippen LogP contribution in [0.15, 0.2) is 17.0 Å². The summed E-state index contributed by atoms with van der Waals surface area (Å²) in [5.41, 5.74) is -1.60. The first kappa shape index (κ1) is 17.2. The molecule has 0 bridgehead atoms. The number of carboxylic acids is 1. The van der Waals surface area contributed by atoms with E-state index in [-0.39, 0.29) is 22.1 Å². The Labute approximate surface area is 127 Å². The Kier molecular flexibility index (Phi) is 5.08. The van der Waals surface area contributed by atoms with E-state index >= 15 is 0 Å². The first-order valence-corrected chi connectivity index (χ1v) is 8.03. The number of hydrogen-bond acceptors (Lipinski definition) is 4. The van der Waals surface area contributed by atoms with Crippen molar-refractivity contribution in [3.05, 3.63) is 27.7 Å². The van der Waals surface area contributed by atoms with E-state index in [0.29, 0.717) is 0 Å². The molecular formula is C12H14Cl2O5S. The van der Waals surface area contributed by atoms with Crippen molar-refractivity contribution in [3.63, 3.8) is 0 Å². The summed E-state index contributed by atoms with van der Waals surface area (Å²) in [7, 11) is -3.81. The van der Waals surface area contributed by atoms with E-state index in [2.05, 4.69) is 0 Å². The van der Waals surface area contributed by atoms with Gasteiger partial charge in [-0.2, -0.15) is 0 Å². The fourth-order valence-corrected chi connectivity index (χ4v) is 3.99. The highest BCUT2D eigenvalue weighted by atomic mass is 35.5. The van der Waals surface area contributed by atoms with Crippen LogP contribution in [0.3, 0.4) is 0 Å². The van der Waals surface area contributed by atoms with Crippen LogP contribution >= 0.6 is 23.2 Å². The van der Waals surface area contributed by atoms with Crippen molar-refractivity contribution in [2.24, 2.45) is 0 Å². The summed E-state index contributed by atoms with van der Waals surface area (Å²) in [6.45, 7) is 2.96. The molecule has 1 rings (SSSR count). The van der Waals surface area contributed by atoms with Gasteiger partial charge < -0.3 is 10.2 Å². The highest BCUT2D eigenvalue weighted by molar-refractivity contribution is 7.91. The fraction of sp³-hybridized carbons (Fsp3) is 0.417. The average molecular weight is 341 g/mol. The van der Waals surface area contributed by atoms with Crippen LogP contribution in [0.4, 0.5) is 0 Å². The summed E-state index contributed by atoms with van der Waals surface area (Å²) < 4.78 is 24.3. The third-order valence-corrected chi connectivity index (χ3v) is 5.16. The van der Waals surface area contributed by atoms with Crippen molar-refractivity contribution >= 4 is 39.0 Å². The lowest BCUT2D eigenvalue weighted by molar-refractivity contribution is 0.0696. The van der Waals surface area contributed by atoms with Gasteiger partial charge >= 0.3 is 5.97 Å². The van der Waals surface area contributed by atoms with Crippen LogP contribution in [-0.4, -0.2) is 36.0 Å². The van der Waals surface area contributed by atoms with Gasteiger partial charge in [0.05, 0.1) is 31.9 Å². The molecule has 0 saturated carbocycles. The zero-order chi connectivity index (χ0) is 15.7. The number of benzene rings is 1. The van der Waals surface area contributed by atoms with Crippen molar-refractivity contribution in [2.75, 3.05) is 5.75 Å². The summed E-state index contributed by atoms with van der Waals surface area (Å²) in [6, 6.07) is 2.34. The van der Waals surface area contributed by atoms with Crippen LogP contribution in [0.1, 0.15) is 30.6 Å². The second kappa shape index (κ2) is 5.89. The molecular weight excluding hydrogens is 327 g/mol. The smallest absolute Gasteiger partial charge is 0.338 e. The molecule has 8 heteroatoms. The topological polar surface area (TPSA) is 91.7 Å². The van der Waals surface area contributed by atoms with E-state index in [1.54, 1.807) is 0 Å². The Bertz CT molecular complexity index is 632. The van der Waals surface area contributed by atoms with Crippen molar-refractivity contribution in [1.29, 1.82) is 0 Å². The van der Waals surface area contributed by atoms with Crippen LogP contribution in [0, 0.1) is 0 Å². The van der Waals surface area contributed by atoms with Gasteiger partial charge in [0.2, 0.25) is 0 Å². The van der Waals surface area contributed by atoms with E-state index < -0.39 is 32.0 Å². The minimum Gasteiger partial charge on any atom is -0.478 e. The second-order valence-corrected chi connectivity index (χ2v) is 7.78. The first-order chi connectivity index (χ1) is 8.96. The molecule has 0 fully saturated rings. The van der Waals surface area contributed by atoms with Gasteiger partial charge in [0.1, 0.15) is 0 Å². The van der Waals surface area contributed by atoms with Crippen LogP contribution < -0.4 is 0 Å². The van der Waals surface area contributed by atoms with E-state index in [9.17, 15) is 18.3 Å². The molecule has 0 amide bonds. The molecule has 0 unspecified atom stereocenters. The van der Waals surface area contributed by atoms with Gasteiger partial charge in [-0.1, -0.05) is 23.2 Å². The number of hydrogen-bond donors (Lipinski definition) is 2. The van der Waals surface area contributed by atoms with E-state index in [4.69, 9.17) is 28.3 Å². The molecule has 1 aromatic rings. The third kappa shape index (κ3) is 4.09. The Hall–Kier alpha value is -0.820. The molecule has 0 atom stereocenters. The SMILES string of the molecule is CC(C)(O)CCS(=O)(=O)c1ccc(Cl)c(C(=O)O)c1Cl. The minimum absolute atomic E-state index is 0.00328. The Balaban J connectivity index is 3.27. The summed E-state index contributed by atoms with van der Waals surface area (Å²) in [5, 5.41) is 18.0. The monoisotopic (exact) mass is 340 g/mol. The van der Waals surface area contributed by atoms with Crippen molar-refractivity contribution in [3.8, 4) is 0 Å². The van der Waals surface area contributed by atoms with Gasteiger partial charge in [-0.25, -0.2) is 13.2 Å². The van der Waals surface area contributed by atoms with E-state index in [0.717, 1.165) is 6.07 Å². The average Bonchev–Trinajstić information content (AvgIpc) is 2.24. The summed E-state index contributed by atoms with van der Waals surface area (Å²) in [6.07, 6.45) is -0.00328. The van der Waals surface area contributed by atoms with Gasteiger partial charge in [-0.3, -0.25) is 0 Å². The van der Waals surface area contributed by atoms with Crippen molar-refractivity contribution in [1.82, 2.24) is 0 Å². The van der Waals surface area contributed by atoms with Gasteiger partial charge in [0.25, 0.3) is 0 Å². The molecule has 2 N–H and O–H groups in total. The Morgan fingerprint density at radius 1 is 1.30 bits per heavy atom. The van der Waals surface area contributed by atoms with Gasteiger partial charge in [0.15, 0.2) is 9.84 Å². The number of aliphatic hydroxyl groups is 1.